The van der Waals surface area contributed by atoms with Crippen molar-refractivity contribution >= 4 is 34.8 Å². The van der Waals surface area contributed by atoms with E-state index in [1.165, 1.54) is 8.54 Å². The summed E-state index contributed by atoms with van der Waals surface area (Å²) >= 11 is 3.18. The lowest BCUT2D eigenvalue weighted by molar-refractivity contribution is 0.0702. The summed E-state index contributed by atoms with van der Waals surface area (Å²) in [5.41, 5.74) is 1.14. The van der Waals surface area contributed by atoms with Gasteiger partial charge in [0.2, 0.25) is 0 Å². The van der Waals surface area contributed by atoms with Crippen LogP contribution in [-0.4, -0.2) is 28.1 Å². The van der Waals surface area contributed by atoms with Gasteiger partial charge in [-0.25, -0.2) is 0 Å². The molecule has 2 rings (SSSR count). The Morgan fingerprint density at radius 2 is 2.13 bits per heavy atom. The van der Waals surface area contributed by atoms with Crippen molar-refractivity contribution in [3.63, 3.8) is 0 Å². The molecule has 0 N–H and O–H groups in total. The maximum absolute atomic E-state index is 5.48. The fourth-order valence-corrected chi connectivity index (χ4v) is 2.44. The molecule has 0 aliphatic carbocycles. The zero-order chi connectivity index (χ0) is 10.5. The van der Waals surface area contributed by atoms with Crippen LogP contribution in [0.4, 0.5) is 0 Å². The second-order valence-electron chi connectivity index (χ2n) is 3.14. The highest BCUT2D eigenvalue weighted by Gasteiger charge is 2.00. The summed E-state index contributed by atoms with van der Waals surface area (Å²) in [4.78, 5) is 7.01. The Balaban J connectivity index is 1.93. The molecule has 15 heavy (non-hydrogen) atoms. The van der Waals surface area contributed by atoms with E-state index in [-0.39, 0.29) is 18.2 Å². The Labute approximate surface area is 104 Å². The molecule has 3 nitrogen and oxygen atoms in total. The van der Waals surface area contributed by atoms with Crippen LogP contribution in [0.15, 0.2) is 42.7 Å². The molecule has 2 aromatic rings. The molecule has 1 heterocycles. The van der Waals surface area contributed by atoms with Crippen molar-refractivity contribution in [1.82, 2.24) is 9.94 Å². The van der Waals surface area contributed by atoms with E-state index in [0.29, 0.717) is 6.61 Å². The van der Waals surface area contributed by atoms with E-state index in [1.54, 1.807) is 0 Å². The van der Waals surface area contributed by atoms with Crippen molar-refractivity contribution in [3.05, 3.63) is 48.3 Å². The van der Waals surface area contributed by atoms with Crippen LogP contribution in [0.2, 0.25) is 0 Å². The Morgan fingerprint density at radius 1 is 1.33 bits per heavy atom. The highest BCUT2D eigenvalue weighted by atomic mass is 79.9. The maximum Gasteiger partial charge on any atom is 0.512 e. The molecule has 0 spiro atoms. The van der Waals surface area contributed by atoms with E-state index < -0.39 is 0 Å². The number of rotatable bonds is 4. The molecule has 0 saturated carbocycles. The lowest BCUT2D eigenvalue weighted by Crippen LogP contribution is -2.13. The Hall–Kier alpha value is -0.524. The number of benzene rings is 1. The molecule has 0 aliphatic heterocycles. The van der Waals surface area contributed by atoms with Crippen LogP contribution in [-0.2, 0) is 6.61 Å². The third kappa shape index (κ3) is 3.22. The first-order valence-electron chi connectivity index (χ1n) is 4.65. The number of hydrogen-bond acceptors (Lipinski definition) is 2. The maximum atomic E-state index is 5.48. The Bertz CT molecular complexity index is 418. The molecular weight excluding hydrogens is 268 g/mol. The first-order chi connectivity index (χ1) is 7.38. The van der Waals surface area contributed by atoms with Crippen molar-refractivity contribution < 1.29 is 4.84 Å². The molecule has 0 atom stereocenters. The van der Waals surface area contributed by atoms with Crippen LogP contribution >= 0.6 is 12.9 Å². The van der Waals surface area contributed by atoms with Gasteiger partial charge in [0, 0.05) is 12.4 Å². The van der Waals surface area contributed by atoms with Crippen LogP contribution in [0, 0.1) is 0 Å². The Kier molecular flexibility index (Phi) is 4.05. The minimum atomic E-state index is -0.319. The predicted octanol–water partition coefficient (Wildman–Crippen LogP) is 1.15. The van der Waals surface area contributed by atoms with Gasteiger partial charge in [0.05, 0.1) is 0 Å². The van der Waals surface area contributed by atoms with E-state index in [4.69, 9.17) is 4.84 Å². The van der Waals surface area contributed by atoms with Crippen LogP contribution in [0.1, 0.15) is 5.56 Å². The van der Waals surface area contributed by atoms with Gasteiger partial charge >= 0.3 is 18.2 Å². The van der Waals surface area contributed by atoms with Gasteiger partial charge < -0.3 is 4.84 Å². The monoisotopic (exact) mass is 276 g/mol. The van der Waals surface area contributed by atoms with E-state index >= 15 is 0 Å². The molecular formula is C10H9BrMgN2O. The molecule has 1 aromatic heterocycles. The minimum Gasteiger partial charge on any atom is -0.392 e. The first-order valence-corrected chi connectivity index (χ1v) is 9.26. The lowest BCUT2D eigenvalue weighted by Gasteiger charge is -2.04. The summed E-state index contributed by atoms with van der Waals surface area (Å²) < 4.78 is 1.24. The SMILES string of the molecule is [Br][Mg][c]1cnn(OCc2ccccc2)c1. The second kappa shape index (κ2) is 5.53. The number of hydrogen-bond donors (Lipinski definition) is 0. The van der Waals surface area contributed by atoms with E-state index in [2.05, 4.69) is 18.0 Å². The largest absolute Gasteiger partial charge is 0.512 e. The summed E-state index contributed by atoms with van der Waals surface area (Å²) in [5.74, 6) is 0. The van der Waals surface area contributed by atoms with Crippen LogP contribution in [0.5, 0.6) is 0 Å². The van der Waals surface area contributed by atoms with Crippen LogP contribution in [0.3, 0.4) is 0 Å². The molecule has 74 valence electrons. The average molecular weight is 277 g/mol. The summed E-state index contributed by atoms with van der Waals surface area (Å²) in [6.07, 6.45) is 3.76. The van der Waals surface area contributed by atoms with Crippen molar-refractivity contribution in [2.45, 2.75) is 6.61 Å². The average Bonchev–Trinajstić information content (AvgIpc) is 2.76. The van der Waals surface area contributed by atoms with E-state index in [1.807, 2.05) is 42.7 Å². The topological polar surface area (TPSA) is 27.1 Å². The van der Waals surface area contributed by atoms with Crippen molar-refractivity contribution in [3.8, 4) is 0 Å². The van der Waals surface area contributed by atoms with Gasteiger partial charge in [-0.3, -0.25) is 12.9 Å². The fraction of sp³-hybridized carbons (Fsp3) is 0.100. The minimum absolute atomic E-state index is 0.319. The molecule has 0 aliphatic rings. The van der Waals surface area contributed by atoms with Gasteiger partial charge in [0.25, 0.3) is 0 Å². The van der Waals surface area contributed by atoms with Crippen molar-refractivity contribution in [1.29, 1.82) is 0 Å². The number of halogens is 1. The van der Waals surface area contributed by atoms with Gasteiger partial charge in [0.15, 0.2) is 0 Å². The molecule has 0 fully saturated rings. The van der Waals surface area contributed by atoms with Crippen LogP contribution in [0.25, 0.3) is 0 Å². The molecule has 1 aromatic carbocycles. The van der Waals surface area contributed by atoms with Gasteiger partial charge in [-0.15, -0.1) is 13.6 Å². The molecule has 0 unspecified atom stereocenters. The summed E-state index contributed by atoms with van der Waals surface area (Å²) in [6.45, 7) is 0.547. The van der Waals surface area contributed by atoms with E-state index in [0.717, 1.165) is 5.56 Å². The summed E-state index contributed by atoms with van der Waals surface area (Å²) in [7, 11) is 0. The number of aromatic nitrogens is 2. The smallest absolute Gasteiger partial charge is 0.392 e. The first kappa shape index (κ1) is 11.0. The highest BCUT2D eigenvalue weighted by molar-refractivity contribution is 9.23. The molecule has 0 bridgehead atoms. The standard InChI is InChI=1S/C10H9N2O.BrH.Mg/c1-2-5-10(6-3-1)9-13-12-8-4-7-11-12;;/h1-3,5-8H,9H2;1H;/q;;+1/p-1. The highest BCUT2D eigenvalue weighted by Crippen LogP contribution is 1.98. The summed E-state index contributed by atoms with van der Waals surface area (Å²) in [5, 5.41) is 4.10. The van der Waals surface area contributed by atoms with Gasteiger partial charge in [-0.1, -0.05) is 30.3 Å². The normalized spacial score (nSPS) is 9.67. The molecule has 0 radical (unpaired) electrons. The van der Waals surface area contributed by atoms with Gasteiger partial charge in [0.1, 0.15) is 6.61 Å². The Morgan fingerprint density at radius 3 is 2.80 bits per heavy atom. The second-order valence-corrected chi connectivity index (χ2v) is 5.91. The van der Waals surface area contributed by atoms with Crippen molar-refractivity contribution in [2.75, 3.05) is 0 Å². The van der Waals surface area contributed by atoms with E-state index in [9.17, 15) is 0 Å². The zero-order valence-corrected chi connectivity index (χ0v) is 11.1. The fourth-order valence-electron chi connectivity index (χ4n) is 1.19. The van der Waals surface area contributed by atoms with Crippen molar-refractivity contribution in [2.24, 2.45) is 0 Å². The lowest BCUT2D eigenvalue weighted by atomic mass is 10.2. The third-order valence-corrected chi connectivity index (χ3v) is 4.59. The zero-order valence-electron chi connectivity index (χ0n) is 8.14. The number of nitrogens with zero attached hydrogens (tertiary/aromatic N) is 2. The molecule has 5 heteroatoms. The molecule has 0 saturated heterocycles. The predicted molar refractivity (Wildman–Crippen MR) is 63.3 cm³/mol. The molecule has 0 amide bonds. The van der Waals surface area contributed by atoms with Crippen LogP contribution < -0.4 is 8.53 Å². The third-order valence-electron chi connectivity index (χ3n) is 1.97. The summed E-state index contributed by atoms with van der Waals surface area (Å²) in [6, 6.07) is 10.1. The van der Waals surface area contributed by atoms with Gasteiger partial charge in [-0.2, -0.15) is 0 Å². The van der Waals surface area contributed by atoms with Gasteiger partial charge in [-0.05, 0) is 5.56 Å². The quantitative estimate of drug-likeness (QED) is 0.784.